The molecule has 2 rings (SSSR count). The number of alkyl halides is 1. The van der Waals surface area contributed by atoms with Crippen molar-refractivity contribution < 1.29 is 9.13 Å². The van der Waals surface area contributed by atoms with Gasteiger partial charge in [-0.3, -0.25) is 0 Å². The molecule has 1 atom stereocenters. The molecule has 0 aromatic heterocycles. The smallest absolute Gasteiger partial charge is 0.113 e. The van der Waals surface area contributed by atoms with Crippen LogP contribution in [0.3, 0.4) is 0 Å². The second-order valence-electron chi connectivity index (χ2n) is 4.92. The lowest BCUT2D eigenvalue weighted by molar-refractivity contribution is -0.0191. The lowest BCUT2D eigenvalue weighted by Crippen LogP contribution is -2.32. The first kappa shape index (κ1) is 14.0. The summed E-state index contributed by atoms with van der Waals surface area (Å²) in [5, 5.41) is 0. The molecule has 0 N–H and O–H groups in total. The number of allylic oxidation sites excluding steroid dienone is 2. The molecule has 1 unspecified atom stereocenters. The number of hydrogen-bond donors (Lipinski definition) is 0. The monoisotopic (exact) mass is 260 g/mol. The summed E-state index contributed by atoms with van der Waals surface area (Å²) >= 11 is 0. The molecule has 0 radical (unpaired) electrons. The maximum absolute atomic E-state index is 12.3. The molecule has 0 fully saturated rings. The van der Waals surface area contributed by atoms with Gasteiger partial charge in [-0.15, -0.1) is 0 Å². The highest BCUT2D eigenvalue weighted by atomic mass is 19.1. The lowest BCUT2D eigenvalue weighted by atomic mass is 9.86. The summed E-state index contributed by atoms with van der Waals surface area (Å²) in [7, 11) is 0. The lowest BCUT2D eigenvalue weighted by Gasteiger charge is -2.32. The van der Waals surface area contributed by atoms with Crippen LogP contribution in [0.25, 0.3) is 5.57 Å². The van der Waals surface area contributed by atoms with E-state index in [1.165, 1.54) is 11.1 Å². The molecule has 0 aliphatic heterocycles. The highest BCUT2D eigenvalue weighted by molar-refractivity contribution is 5.75. The molecule has 1 aromatic rings. The van der Waals surface area contributed by atoms with Crippen LogP contribution in [0.2, 0.25) is 0 Å². The molecule has 0 saturated heterocycles. The zero-order chi connectivity index (χ0) is 13.6. The van der Waals surface area contributed by atoms with Crippen LogP contribution in [0, 0.1) is 0 Å². The van der Waals surface area contributed by atoms with Crippen molar-refractivity contribution in [3.8, 4) is 0 Å². The van der Waals surface area contributed by atoms with E-state index in [4.69, 9.17) is 4.74 Å². The minimum atomic E-state index is -0.422. The number of hydrogen-bond acceptors (Lipinski definition) is 1. The van der Waals surface area contributed by atoms with Crippen molar-refractivity contribution in [1.29, 1.82) is 0 Å². The van der Waals surface area contributed by atoms with Crippen LogP contribution in [-0.2, 0) is 4.74 Å². The van der Waals surface area contributed by atoms with Gasteiger partial charge in [0.05, 0.1) is 12.2 Å². The Morgan fingerprint density at radius 1 is 1.26 bits per heavy atom. The summed E-state index contributed by atoms with van der Waals surface area (Å²) in [6.07, 6.45) is 9.19. The van der Waals surface area contributed by atoms with Gasteiger partial charge in [0.1, 0.15) is 6.67 Å². The Bertz CT molecular complexity index is 450. The Balaban J connectivity index is 2.10. The SMILES string of the molecule is CCCC1(OCCF)C=CC(c2ccccc2)=CC1. The van der Waals surface area contributed by atoms with Gasteiger partial charge in [0.15, 0.2) is 0 Å². The fraction of sp³-hybridized carbons (Fsp3) is 0.412. The van der Waals surface area contributed by atoms with Crippen LogP contribution >= 0.6 is 0 Å². The van der Waals surface area contributed by atoms with Gasteiger partial charge in [-0.05, 0) is 24.0 Å². The molecule has 0 saturated carbocycles. The van der Waals surface area contributed by atoms with Crippen LogP contribution in [0.5, 0.6) is 0 Å². The summed E-state index contributed by atoms with van der Waals surface area (Å²) in [6.45, 7) is 1.89. The summed E-state index contributed by atoms with van der Waals surface area (Å²) in [4.78, 5) is 0. The van der Waals surface area contributed by atoms with E-state index in [1.807, 2.05) is 18.2 Å². The van der Waals surface area contributed by atoms with Crippen molar-refractivity contribution in [2.24, 2.45) is 0 Å². The molecule has 102 valence electrons. The minimum absolute atomic E-state index is 0.179. The van der Waals surface area contributed by atoms with Gasteiger partial charge in [-0.25, -0.2) is 4.39 Å². The molecular formula is C17H21FO. The largest absolute Gasteiger partial charge is 0.368 e. The van der Waals surface area contributed by atoms with Gasteiger partial charge in [-0.2, -0.15) is 0 Å². The van der Waals surface area contributed by atoms with Crippen molar-refractivity contribution in [2.75, 3.05) is 13.3 Å². The fourth-order valence-electron chi connectivity index (χ4n) is 2.53. The first-order chi connectivity index (χ1) is 9.29. The van der Waals surface area contributed by atoms with Gasteiger partial charge < -0.3 is 4.74 Å². The van der Waals surface area contributed by atoms with Gasteiger partial charge in [0.25, 0.3) is 0 Å². The molecule has 0 amide bonds. The number of halogens is 1. The number of ether oxygens (including phenoxy) is 1. The predicted molar refractivity (Wildman–Crippen MR) is 77.7 cm³/mol. The molecule has 0 heterocycles. The van der Waals surface area contributed by atoms with E-state index >= 15 is 0 Å². The third kappa shape index (κ3) is 3.54. The standard InChI is InChI=1S/C17H21FO/c1-2-10-17(19-14-13-18)11-8-16(9-12-17)15-6-4-3-5-7-15/h3-9,11H,2,10,12-14H2,1H3. The second kappa shape index (κ2) is 6.67. The van der Waals surface area contributed by atoms with Crippen molar-refractivity contribution in [3.63, 3.8) is 0 Å². The Morgan fingerprint density at radius 3 is 2.63 bits per heavy atom. The Labute approximate surface area is 114 Å². The first-order valence-electron chi connectivity index (χ1n) is 6.94. The van der Waals surface area contributed by atoms with Crippen molar-refractivity contribution in [1.82, 2.24) is 0 Å². The zero-order valence-electron chi connectivity index (χ0n) is 11.4. The van der Waals surface area contributed by atoms with Gasteiger partial charge >= 0.3 is 0 Å². The zero-order valence-corrected chi connectivity index (χ0v) is 11.4. The average molecular weight is 260 g/mol. The Hall–Kier alpha value is -1.41. The van der Waals surface area contributed by atoms with Crippen molar-refractivity contribution >= 4 is 5.57 Å². The maximum Gasteiger partial charge on any atom is 0.113 e. The van der Waals surface area contributed by atoms with E-state index in [0.29, 0.717) is 0 Å². The van der Waals surface area contributed by atoms with E-state index in [0.717, 1.165) is 19.3 Å². The average Bonchev–Trinajstić information content (AvgIpc) is 2.47. The minimum Gasteiger partial charge on any atom is -0.368 e. The van der Waals surface area contributed by atoms with Crippen LogP contribution in [-0.4, -0.2) is 18.9 Å². The Kier molecular flexibility index (Phi) is 4.92. The van der Waals surface area contributed by atoms with Gasteiger partial charge in [0.2, 0.25) is 0 Å². The quantitative estimate of drug-likeness (QED) is 0.729. The van der Waals surface area contributed by atoms with Gasteiger partial charge in [0, 0.05) is 0 Å². The molecule has 19 heavy (non-hydrogen) atoms. The van der Waals surface area contributed by atoms with Crippen molar-refractivity contribution in [3.05, 3.63) is 54.1 Å². The molecule has 0 bridgehead atoms. The highest BCUT2D eigenvalue weighted by Crippen LogP contribution is 2.32. The van der Waals surface area contributed by atoms with E-state index < -0.39 is 6.67 Å². The van der Waals surface area contributed by atoms with E-state index in [-0.39, 0.29) is 12.2 Å². The van der Waals surface area contributed by atoms with E-state index in [9.17, 15) is 4.39 Å². The predicted octanol–water partition coefficient (Wildman–Crippen LogP) is 4.55. The van der Waals surface area contributed by atoms with Crippen LogP contribution in [0.15, 0.2) is 48.6 Å². The number of benzene rings is 1. The summed E-state index contributed by atoms with van der Waals surface area (Å²) in [5.74, 6) is 0. The molecular weight excluding hydrogens is 239 g/mol. The third-order valence-electron chi connectivity index (χ3n) is 3.48. The molecule has 0 spiro atoms. The van der Waals surface area contributed by atoms with Crippen LogP contribution in [0.4, 0.5) is 4.39 Å². The maximum atomic E-state index is 12.3. The molecule has 1 aromatic carbocycles. The van der Waals surface area contributed by atoms with Gasteiger partial charge in [-0.1, -0.05) is 61.9 Å². The first-order valence-corrected chi connectivity index (χ1v) is 6.94. The Morgan fingerprint density at radius 2 is 2.05 bits per heavy atom. The summed E-state index contributed by atoms with van der Waals surface area (Å²) in [6, 6.07) is 10.3. The normalized spacial score (nSPS) is 22.3. The third-order valence-corrected chi connectivity index (χ3v) is 3.48. The number of rotatable bonds is 6. The van der Waals surface area contributed by atoms with E-state index in [1.54, 1.807) is 0 Å². The second-order valence-corrected chi connectivity index (χ2v) is 4.92. The highest BCUT2D eigenvalue weighted by Gasteiger charge is 2.28. The summed E-state index contributed by atoms with van der Waals surface area (Å²) in [5.41, 5.74) is 2.13. The van der Waals surface area contributed by atoms with E-state index in [2.05, 4.69) is 37.3 Å². The molecule has 1 aliphatic rings. The molecule has 2 heteroatoms. The summed E-state index contributed by atoms with van der Waals surface area (Å²) < 4.78 is 18.1. The van der Waals surface area contributed by atoms with Crippen molar-refractivity contribution in [2.45, 2.75) is 31.8 Å². The van der Waals surface area contributed by atoms with Crippen LogP contribution < -0.4 is 0 Å². The van der Waals surface area contributed by atoms with Crippen LogP contribution in [0.1, 0.15) is 31.7 Å². The molecule has 1 aliphatic carbocycles. The fourth-order valence-corrected chi connectivity index (χ4v) is 2.53. The molecule has 1 nitrogen and oxygen atoms in total. The topological polar surface area (TPSA) is 9.23 Å².